The molecule has 2 N–H and O–H groups in total. The van der Waals surface area contributed by atoms with Crippen molar-refractivity contribution >= 4 is 39.7 Å². The standard InChI is InChI=1S/C14H16N2OS.ClH/c17-14(16-10-5-7-15-8-6-10)12-9-18-13-4-2-1-3-11(12)13;/h1-4,9-10,15H,5-8H2,(H,16,17);1H. The summed E-state index contributed by atoms with van der Waals surface area (Å²) in [5, 5.41) is 9.47. The molecule has 0 unspecified atom stereocenters. The molecule has 0 saturated carbocycles. The maximum Gasteiger partial charge on any atom is 0.252 e. The van der Waals surface area contributed by atoms with Gasteiger partial charge in [-0.15, -0.1) is 23.7 Å². The number of amides is 1. The van der Waals surface area contributed by atoms with Gasteiger partial charge in [0.05, 0.1) is 5.56 Å². The number of benzene rings is 1. The van der Waals surface area contributed by atoms with Crippen LogP contribution in [-0.4, -0.2) is 25.0 Å². The van der Waals surface area contributed by atoms with Crippen LogP contribution < -0.4 is 10.6 Å². The summed E-state index contributed by atoms with van der Waals surface area (Å²) < 4.78 is 1.17. The van der Waals surface area contributed by atoms with Crippen molar-refractivity contribution in [3.8, 4) is 0 Å². The quantitative estimate of drug-likeness (QED) is 0.895. The molecule has 0 atom stereocenters. The summed E-state index contributed by atoms with van der Waals surface area (Å²) in [7, 11) is 0. The Kier molecular flexibility index (Phi) is 4.80. The van der Waals surface area contributed by atoms with Crippen LogP contribution in [0.2, 0.25) is 0 Å². The molecule has 2 aromatic rings. The molecule has 1 saturated heterocycles. The number of carbonyl (C=O) groups excluding carboxylic acids is 1. The first-order chi connectivity index (χ1) is 8.84. The fraction of sp³-hybridized carbons (Fsp3) is 0.357. The molecule has 0 spiro atoms. The van der Waals surface area contributed by atoms with Gasteiger partial charge in [-0.2, -0.15) is 0 Å². The molecule has 1 aliphatic rings. The molecule has 0 radical (unpaired) electrons. The molecule has 3 nitrogen and oxygen atoms in total. The third kappa shape index (κ3) is 3.08. The van der Waals surface area contributed by atoms with Crippen molar-refractivity contribution < 1.29 is 4.79 Å². The number of fused-ring (bicyclic) bond motifs is 1. The monoisotopic (exact) mass is 296 g/mol. The second-order valence-corrected chi connectivity index (χ2v) is 5.55. The minimum atomic E-state index is 0. The van der Waals surface area contributed by atoms with Gasteiger partial charge in [-0.25, -0.2) is 0 Å². The first kappa shape index (κ1) is 14.3. The van der Waals surface area contributed by atoms with Gasteiger partial charge in [0, 0.05) is 21.5 Å². The maximum atomic E-state index is 12.3. The fourth-order valence-electron chi connectivity index (χ4n) is 2.38. The van der Waals surface area contributed by atoms with E-state index in [9.17, 15) is 4.79 Å². The van der Waals surface area contributed by atoms with Crippen LogP contribution in [0.25, 0.3) is 10.1 Å². The fourth-order valence-corrected chi connectivity index (χ4v) is 3.32. The Bertz CT molecular complexity index is 563. The van der Waals surface area contributed by atoms with E-state index in [1.54, 1.807) is 11.3 Å². The van der Waals surface area contributed by atoms with Gasteiger partial charge in [0.2, 0.25) is 0 Å². The maximum absolute atomic E-state index is 12.3. The van der Waals surface area contributed by atoms with E-state index in [2.05, 4.69) is 16.7 Å². The SMILES string of the molecule is Cl.O=C(NC1CCNCC1)c1csc2ccccc12. The summed E-state index contributed by atoms with van der Waals surface area (Å²) in [6, 6.07) is 8.38. The molecule has 3 rings (SSSR count). The lowest BCUT2D eigenvalue weighted by Gasteiger charge is -2.23. The lowest BCUT2D eigenvalue weighted by Crippen LogP contribution is -2.42. The van der Waals surface area contributed by atoms with E-state index < -0.39 is 0 Å². The average molecular weight is 297 g/mol. The smallest absolute Gasteiger partial charge is 0.252 e. The number of carbonyl (C=O) groups is 1. The highest BCUT2D eigenvalue weighted by molar-refractivity contribution is 7.17. The number of rotatable bonds is 2. The molecule has 1 aromatic carbocycles. The number of hydrogen-bond donors (Lipinski definition) is 2. The van der Waals surface area contributed by atoms with Crippen molar-refractivity contribution in [3.05, 3.63) is 35.2 Å². The summed E-state index contributed by atoms with van der Waals surface area (Å²) in [4.78, 5) is 12.3. The molecule has 5 heteroatoms. The molecule has 1 aliphatic heterocycles. The van der Waals surface area contributed by atoms with Crippen molar-refractivity contribution in [2.24, 2.45) is 0 Å². The van der Waals surface area contributed by atoms with Crippen LogP contribution in [0.1, 0.15) is 23.2 Å². The van der Waals surface area contributed by atoms with Crippen LogP contribution in [0.4, 0.5) is 0 Å². The third-order valence-electron chi connectivity index (χ3n) is 3.40. The highest BCUT2D eigenvalue weighted by atomic mass is 35.5. The largest absolute Gasteiger partial charge is 0.349 e. The molecular weight excluding hydrogens is 280 g/mol. The minimum Gasteiger partial charge on any atom is -0.349 e. The van der Waals surface area contributed by atoms with Gasteiger partial charge in [0.1, 0.15) is 0 Å². The predicted molar refractivity (Wildman–Crippen MR) is 82.4 cm³/mol. The number of thiophene rings is 1. The zero-order chi connectivity index (χ0) is 12.4. The molecule has 2 heterocycles. The summed E-state index contributed by atoms with van der Waals surface area (Å²) in [5.41, 5.74) is 0.814. The molecule has 1 aromatic heterocycles. The molecule has 1 amide bonds. The summed E-state index contributed by atoms with van der Waals surface area (Å²) in [6.07, 6.45) is 2.04. The van der Waals surface area contributed by atoms with E-state index in [-0.39, 0.29) is 18.3 Å². The zero-order valence-corrected chi connectivity index (χ0v) is 12.2. The molecule has 102 valence electrons. The second-order valence-electron chi connectivity index (χ2n) is 4.64. The van der Waals surface area contributed by atoms with E-state index in [0.717, 1.165) is 36.9 Å². The van der Waals surface area contributed by atoms with E-state index >= 15 is 0 Å². The number of halogens is 1. The van der Waals surface area contributed by atoms with Gasteiger partial charge in [0.15, 0.2) is 0 Å². The lowest BCUT2D eigenvalue weighted by molar-refractivity contribution is 0.0931. The van der Waals surface area contributed by atoms with Crippen molar-refractivity contribution in [2.45, 2.75) is 18.9 Å². The zero-order valence-electron chi connectivity index (χ0n) is 10.5. The van der Waals surface area contributed by atoms with E-state index in [4.69, 9.17) is 0 Å². The Balaban J connectivity index is 0.00000133. The Hall–Kier alpha value is -1.10. The molecule has 19 heavy (non-hydrogen) atoms. The van der Waals surface area contributed by atoms with E-state index in [1.165, 1.54) is 4.70 Å². The highest BCUT2D eigenvalue weighted by Gasteiger charge is 2.18. The number of piperidine rings is 1. The van der Waals surface area contributed by atoms with Crippen molar-refractivity contribution in [3.63, 3.8) is 0 Å². The summed E-state index contributed by atoms with van der Waals surface area (Å²) in [6.45, 7) is 1.99. The summed E-state index contributed by atoms with van der Waals surface area (Å²) >= 11 is 1.63. The second kappa shape index (κ2) is 6.37. The lowest BCUT2D eigenvalue weighted by atomic mass is 10.1. The van der Waals surface area contributed by atoms with Gasteiger partial charge < -0.3 is 10.6 Å². The number of hydrogen-bond acceptors (Lipinski definition) is 3. The Morgan fingerprint density at radius 2 is 2.00 bits per heavy atom. The van der Waals surface area contributed by atoms with Crippen LogP contribution in [0, 0.1) is 0 Å². The molecule has 1 fully saturated rings. The van der Waals surface area contributed by atoms with Gasteiger partial charge in [-0.05, 0) is 32.0 Å². The molecular formula is C14H17ClN2OS. The Morgan fingerprint density at radius 3 is 2.79 bits per heavy atom. The highest BCUT2D eigenvalue weighted by Crippen LogP contribution is 2.25. The predicted octanol–water partition coefficient (Wildman–Crippen LogP) is 2.80. The first-order valence-corrected chi connectivity index (χ1v) is 7.20. The first-order valence-electron chi connectivity index (χ1n) is 6.32. The average Bonchev–Trinajstić information content (AvgIpc) is 2.84. The number of nitrogens with one attached hydrogen (secondary N) is 2. The Morgan fingerprint density at radius 1 is 1.26 bits per heavy atom. The van der Waals surface area contributed by atoms with Crippen LogP contribution in [0.15, 0.2) is 29.6 Å². The van der Waals surface area contributed by atoms with Gasteiger partial charge >= 0.3 is 0 Å². The third-order valence-corrected chi connectivity index (χ3v) is 4.36. The van der Waals surface area contributed by atoms with Gasteiger partial charge in [-0.3, -0.25) is 4.79 Å². The molecule has 0 bridgehead atoms. The Labute approximate surface area is 122 Å². The molecule has 0 aliphatic carbocycles. The minimum absolute atomic E-state index is 0. The van der Waals surface area contributed by atoms with Crippen molar-refractivity contribution in [2.75, 3.05) is 13.1 Å². The van der Waals surface area contributed by atoms with E-state index in [0.29, 0.717) is 6.04 Å². The van der Waals surface area contributed by atoms with Crippen LogP contribution in [0.3, 0.4) is 0 Å². The van der Waals surface area contributed by atoms with Crippen LogP contribution in [0.5, 0.6) is 0 Å². The normalized spacial score (nSPS) is 16.0. The topological polar surface area (TPSA) is 41.1 Å². The summed E-state index contributed by atoms with van der Waals surface area (Å²) in [5.74, 6) is 0.0688. The van der Waals surface area contributed by atoms with Crippen molar-refractivity contribution in [1.82, 2.24) is 10.6 Å². The van der Waals surface area contributed by atoms with Crippen LogP contribution in [-0.2, 0) is 0 Å². The van der Waals surface area contributed by atoms with Gasteiger partial charge in [0.25, 0.3) is 5.91 Å². The van der Waals surface area contributed by atoms with Gasteiger partial charge in [-0.1, -0.05) is 18.2 Å². The van der Waals surface area contributed by atoms with Crippen molar-refractivity contribution in [1.29, 1.82) is 0 Å². The van der Waals surface area contributed by atoms with E-state index in [1.807, 2.05) is 23.6 Å². The van der Waals surface area contributed by atoms with Crippen LogP contribution >= 0.6 is 23.7 Å².